The van der Waals surface area contributed by atoms with Crippen LogP contribution < -0.4 is 10.5 Å². The Morgan fingerprint density at radius 3 is 2.82 bits per heavy atom. The Morgan fingerprint density at radius 1 is 1.47 bits per heavy atom. The van der Waals surface area contributed by atoms with Crippen LogP contribution in [0.4, 0.5) is 0 Å². The molecule has 0 N–H and O–H groups in total. The highest BCUT2D eigenvalue weighted by Crippen LogP contribution is 2.10. The van der Waals surface area contributed by atoms with Crippen LogP contribution in [0.2, 0.25) is 0 Å². The lowest BCUT2D eigenvalue weighted by Crippen LogP contribution is -2.36. The molecule has 1 saturated heterocycles. The quantitative estimate of drug-likeness (QED) is 0.762. The minimum absolute atomic E-state index is 0.0421. The molecule has 0 bridgehead atoms. The Bertz CT molecular complexity index is 498. The number of hydrogen-bond acceptors (Lipinski definition) is 4. The molecule has 0 spiro atoms. The van der Waals surface area contributed by atoms with Gasteiger partial charge in [0.25, 0.3) is 0 Å². The lowest BCUT2D eigenvalue weighted by atomic mass is 10.1. The summed E-state index contributed by atoms with van der Waals surface area (Å²) in [6, 6.07) is 0.336. The van der Waals surface area contributed by atoms with Gasteiger partial charge in [0.2, 0.25) is 4.80 Å². The smallest absolute Gasteiger partial charge is 0.304 e. The van der Waals surface area contributed by atoms with Gasteiger partial charge in [0.15, 0.2) is 0 Å². The average Bonchev–Trinajstić information content (AvgIpc) is 2.57. The molecule has 0 aliphatic carbocycles. The fourth-order valence-electron chi connectivity index (χ4n) is 2.16. The molecule has 1 atom stereocenters. The van der Waals surface area contributed by atoms with Gasteiger partial charge < -0.3 is 4.90 Å². The molecule has 1 unspecified atom stereocenters. The summed E-state index contributed by atoms with van der Waals surface area (Å²) in [4.78, 5) is 19.7. The number of hydrogen-bond donors (Lipinski definition) is 0. The molecule has 96 valence electrons. The van der Waals surface area contributed by atoms with E-state index in [4.69, 9.17) is 4.99 Å². The zero-order chi connectivity index (χ0) is 12.4. The van der Waals surface area contributed by atoms with Crippen molar-refractivity contribution in [3.05, 3.63) is 15.3 Å². The highest BCUT2D eigenvalue weighted by Gasteiger charge is 2.16. The van der Waals surface area contributed by atoms with E-state index in [1.54, 1.807) is 15.6 Å². The molecule has 2 heterocycles. The van der Waals surface area contributed by atoms with Crippen molar-refractivity contribution in [1.82, 2.24) is 13.4 Å². The topological polar surface area (TPSA) is 42.5 Å². The Labute approximate surface area is 105 Å². The zero-order valence-corrected chi connectivity index (χ0v) is 11.5. The van der Waals surface area contributed by atoms with E-state index in [0.717, 1.165) is 30.9 Å². The maximum atomic E-state index is 11.8. The van der Waals surface area contributed by atoms with Crippen molar-refractivity contribution in [3.63, 3.8) is 0 Å². The van der Waals surface area contributed by atoms with E-state index in [9.17, 15) is 4.79 Å². The predicted octanol–water partition coefficient (Wildman–Crippen LogP) is 0.263. The van der Waals surface area contributed by atoms with Crippen molar-refractivity contribution in [2.24, 2.45) is 12.0 Å². The molecule has 5 nitrogen and oxygen atoms in total. The number of likely N-dealkylation sites (N-methyl/N-ethyl adjacent to an activating group) is 1. The van der Waals surface area contributed by atoms with Crippen LogP contribution in [-0.2, 0) is 13.6 Å². The Balaban J connectivity index is 2.30. The number of nitrogens with zero attached hydrogens (tertiary/aromatic N) is 4. The summed E-state index contributed by atoms with van der Waals surface area (Å²) in [6.45, 7) is 4.86. The molecule has 2 rings (SSSR count). The summed E-state index contributed by atoms with van der Waals surface area (Å²) in [5.74, 6) is 0. The van der Waals surface area contributed by atoms with E-state index in [-0.39, 0.29) is 5.69 Å². The molecule has 0 aromatic carbocycles. The number of aryl methyl sites for hydroxylation is 1. The van der Waals surface area contributed by atoms with Gasteiger partial charge in [-0.3, -0.25) is 9.56 Å². The van der Waals surface area contributed by atoms with E-state index >= 15 is 0 Å². The van der Waals surface area contributed by atoms with Gasteiger partial charge >= 0.3 is 5.69 Å². The van der Waals surface area contributed by atoms with Crippen LogP contribution in [0.5, 0.6) is 0 Å². The fraction of sp³-hybridized carbons (Fsp3) is 0.818. The lowest BCUT2D eigenvalue weighted by molar-refractivity contribution is 0.250. The summed E-state index contributed by atoms with van der Waals surface area (Å²) in [7, 11) is 3.93. The first kappa shape index (κ1) is 12.6. The summed E-state index contributed by atoms with van der Waals surface area (Å²) < 4.78 is 3.40. The molecule has 0 radical (unpaired) electrons. The van der Waals surface area contributed by atoms with E-state index in [0.29, 0.717) is 6.04 Å². The average molecular weight is 256 g/mol. The van der Waals surface area contributed by atoms with Gasteiger partial charge in [0.05, 0.1) is 6.04 Å². The van der Waals surface area contributed by atoms with Gasteiger partial charge in [-0.2, -0.15) is 0 Å². The van der Waals surface area contributed by atoms with Crippen LogP contribution in [0.25, 0.3) is 0 Å². The summed E-state index contributed by atoms with van der Waals surface area (Å²) in [6.07, 6.45) is 2.32. The second-order valence-corrected chi connectivity index (χ2v) is 5.59. The molecule has 1 aliphatic heterocycles. The van der Waals surface area contributed by atoms with Crippen molar-refractivity contribution in [1.29, 1.82) is 0 Å². The molecule has 1 aliphatic rings. The fourth-order valence-corrected chi connectivity index (χ4v) is 3.08. The van der Waals surface area contributed by atoms with Crippen LogP contribution in [0, 0.1) is 0 Å². The molecule has 6 heteroatoms. The van der Waals surface area contributed by atoms with Crippen molar-refractivity contribution >= 4 is 11.5 Å². The monoisotopic (exact) mass is 256 g/mol. The van der Waals surface area contributed by atoms with Crippen LogP contribution in [0.15, 0.2) is 9.79 Å². The molecule has 1 aromatic rings. The van der Waals surface area contributed by atoms with Crippen molar-refractivity contribution in [3.8, 4) is 0 Å². The summed E-state index contributed by atoms with van der Waals surface area (Å²) in [5, 5.41) is 0. The Hall–Kier alpha value is -0.880. The third kappa shape index (κ3) is 2.69. The minimum Gasteiger partial charge on any atom is -0.304 e. The van der Waals surface area contributed by atoms with Crippen molar-refractivity contribution < 1.29 is 0 Å². The Morgan fingerprint density at radius 2 is 2.24 bits per heavy atom. The first-order valence-electron chi connectivity index (χ1n) is 6.11. The standard InChI is InChI=1S/C11H20N4OS/c1-4-15-11(16)14(3)10(17-15)12-9-6-5-7-13(2)8-9/h9H,4-8H2,1-3H3. The van der Waals surface area contributed by atoms with Crippen LogP contribution in [0.1, 0.15) is 19.8 Å². The van der Waals surface area contributed by atoms with Crippen LogP contribution in [0.3, 0.4) is 0 Å². The normalized spacial score (nSPS) is 23.2. The van der Waals surface area contributed by atoms with E-state index < -0.39 is 0 Å². The zero-order valence-electron chi connectivity index (χ0n) is 10.7. The molecule has 17 heavy (non-hydrogen) atoms. The minimum atomic E-state index is 0.0421. The number of aromatic nitrogens is 2. The first-order valence-corrected chi connectivity index (χ1v) is 6.88. The van der Waals surface area contributed by atoms with Crippen molar-refractivity contribution in [2.45, 2.75) is 32.4 Å². The molecular weight excluding hydrogens is 236 g/mol. The van der Waals surface area contributed by atoms with E-state index in [1.807, 2.05) is 6.92 Å². The second kappa shape index (κ2) is 5.18. The molecule has 1 aromatic heterocycles. The van der Waals surface area contributed by atoms with Gasteiger partial charge in [-0.1, -0.05) is 0 Å². The van der Waals surface area contributed by atoms with E-state index in [2.05, 4.69) is 11.9 Å². The maximum absolute atomic E-state index is 11.8. The van der Waals surface area contributed by atoms with Gasteiger partial charge in [-0.15, -0.1) is 0 Å². The maximum Gasteiger partial charge on any atom is 0.339 e. The Kier molecular flexibility index (Phi) is 3.83. The van der Waals surface area contributed by atoms with Gasteiger partial charge in [-0.05, 0) is 44.9 Å². The predicted molar refractivity (Wildman–Crippen MR) is 69.3 cm³/mol. The summed E-state index contributed by atoms with van der Waals surface area (Å²) in [5.41, 5.74) is 0.0421. The third-order valence-corrected chi connectivity index (χ3v) is 4.34. The highest BCUT2D eigenvalue weighted by molar-refractivity contribution is 7.03. The number of rotatable bonds is 2. The molecule has 0 amide bonds. The third-order valence-electron chi connectivity index (χ3n) is 3.16. The van der Waals surface area contributed by atoms with E-state index in [1.165, 1.54) is 18.0 Å². The molecule has 0 saturated carbocycles. The number of likely N-dealkylation sites (tertiary alicyclic amines) is 1. The van der Waals surface area contributed by atoms with Gasteiger partial charge in [0.1, 0.15) is 0 Å². The second-order valence-electron chi connectivity index (χ2n) is 4.60. The molecular formula is C11H20N4OS. The largest absolute Gasteiger partial charge is 0.339 e. The van der Waals surface area contributed by atoms with Crippen LogP contribution in [-0.4, -0.2) is 39.6 Å². The SMILES string of the molecule is CCn1sc(=NC2CCCN(C)C2)n(C)c1=O. The van der Waals surface area contributed by atoms with Crippen LogP contribution >= 0.6 is 11.5 Å². The first-order chi connectivity index (χ1) is 8.11. The van der Waals surface area contributed by atoms with Gasteiger partial charge in [0, 0.05) is 20.1 Å². The van der Waals surface area contributed by atoms with Gasteiger partial charge in [-0.25, -0.2) is 8.75 Å². The summed E-state index contributed by atoms with van der Waals surface area (Å²) >= 11 is 1.46. The van der Waals surface area contributed by atoms with Crippen molar-refractivity contribution in [2.75, 3.05) is 20.1 Å². The lowest BCUT2D eigenvalue weighted by Gasteiger charge is -2.26. The highest BCUT2D eigenvalue weighted by atomic mass is 32.1. The molecule has 1 fully saturated rings. The number of piperidine rings is 1.